The first-order chi connectivity index (χ1) is 8.19. The van der Waals surface area contributed by atoms with Gasteiger partial charge in [0.05, 0.1) is 12.7 Å². The van der Waals surface area contributed by atoms with Gasteiger partial charge >= 0.3 is 0 Å². The molecule has 0 aromatic heterocycles. The Hall–Kier alpha value is -1.13. The number of benzene rings is 1. The van der Waals surface area contributed by atoms with E-state index in [0.717, 1.165) is 25.7 Å². The van der Waals surface area contributed by atoms with Crippen molar-refractivity contribution in [3.8, 4) is 5.75 Å². The maximum Gasteiger partial charge on any atom is 0.127 e. The van der Waals surface area contributed by atoms with E-state index < -0.39 is 11.9 Å². The van der Waals surface area contributed by atoms with Crippen LogP contribution in [0, 0.1) is 5.82 Å². The second-order valence-electron chi connectivity index (χ2n) is 4.46. The molecule has 1 aliphatic rings. The van der Waals surface area contributed by atoms with E-state index in [1.165, 1.54) is 12.1 Å². The van der Waals surface area contributed by atoms with E-state index in [2.05, 4.69) is 0 Å². The fraction of sp³-hybridized carbons (Fsp3) is 0.538. The van der Waals surface area contributed by atoms with Crippen LogP contribution >= 0.6 is 0 Å². The number of hydrogen-bond donors (Lipinski definition) is 2. The summed E-state index contributed by atoms with van der Waals surface area (Å²) in [5.41, 5.74) is 0.477. The summed E-state index contributed by atoms with van der Waals surface area (Å²) in [5, 5.41) is 18.7. The fourth-order valence-corrected chi connectivity index (χ4v) is 2.17. The lowest BCUT2D eigenvalue weighted by molar-refractivity contribution is 0.00665. The van der Waals surface area contributed by atoms with E-state index in [-0.39, 0.29) is 12.7 Å². The number of halogens is 1. The molecular weight excluding hydrogens is 223 g/mol. The lowest BCUT2D eigenvalue weighted by Gasteiger charge is -2.28. The van der Waals surface area contributed by atoms with Crippen molar-refractivity contribution in [1.29, 1.82) is 0 Å². The molecule has 2 rings (SSSR count). The summed E-state index contributed by atoms with van der Waals surface area (Å²) < 4.78 is 18.8. The van der Waals surface area contributed by atoms with Crippen molar-refractivity contribution in [3.63, 3.8) is 0 Å². The minimum atomic E-state index is -0.482. The molecule has 0 spiro atoms. The minimum absolute atomic E-state index is 0.221. The largest absolute Gasteiger partial charge is 0.488 e. The van der Waals surface area contributed by atoms with Gasteiger partial charge in [0.2, 0.25) is 0 Å². The number of rotatable bonds is 3. The van der Waals surface area contributed by atoms with Gasteiger partial charge in [0.1, 0.15) is 17.7 Å². The predicted molar refractivity (Wildman–Crippen MR) is 61.2 cm³/mol. The van der Waals surface area contributed by atoms with Gasteiger partial charge in [-0.25, -0.2) is 4.39 Å². The van der Waals surface area contributed by atoms with Gasteiger partial charge in [0.25, 0.3) is 0 Å². The van der Waals surface area contributed by atoms with E-state index >= 15 is 0 Å². The molecule has 17 heavy (non-hydrogen) atoms. The van der Waals surface area contributed by atoms with Crippen LogP contribution in [0.25, 0.3) is 0 Å². The van der Waals surface area contributed by atoms with Crippen LogP contribution in [0.2, 0.25) is 0 Å². The van der Waals surface area contributed by atoms with E-state index in [4.69, 9.17) is 9.84 Å². The Morgan fingerprint density at radius 2 is 2.00 bits per heavy atom. The first-order valence-electron chi connectivity index (χ1n) is 5.94. The highest BCUT2D eigenvalue weighted by Crippen LogP contribution is 2.25. The Morgan fingerprint density at radius 1 is 1.24 bits per heavy atom. The molecule has 94 valence electrons. The standard InChI is InChI=1S/C13H17FO3/c14-10-5-9(8-15)6-11(7-10)17-13-4-2-1-3-12(13)16/h5-7,12-13,15-16H,1-4,8H2. The summed E-state index contributed by atoms with van der Waals surface area (Å²) in [6, 6.07) is 4.15. The molecule has 1 aromatic carbocycles. The smallest absolute Gasteiger partial charge is 0.127 e. The first kappa shape index (κ1) is 12.3. The quantitative estimate of drug-likeness (QED) is 0.849. The molecule has 0 aliphatic heterocycles. The van der Waals surface area contributed by atoms with Crippen LogP contribution in [0.15, 0.2) is 18.2 Å². The van der Waals surface area contributed by atoms with E-state index in [9.17, 15) is 9.50 Å². The maximum atomic E-state index is 13.2. The minimum Gasteiger partial charge on any atom is -0.488 e. The van der Waals surface area contributed by atoms with Crippen molar-refractivity contribution in [2.75, 3.05) is 0 Å². The van der Waals surface area contributed by atoms with Crippen LogP contribution in [-0.2, 0) is 6.61 Å². The second-order valence-corrected chi connectivity index (χ2v) is 4.46. The van der Waals surface area contributed by atoms with Crippen molar-refractivity contribution in [3.05, 3.63) is 29.6 Å². The number of aliphatic hydroxyl groups is 2. The lowest BCUT2D eigenvalue weighted by atomic mass is 9.95. The molecule has 2 N–H and O–H groups in total. The van der Waals surface area contributed by atoms with Crippen molar-refractivity contribution >= 4 is 0 Å². The molecule has 0 heterocycles. The van der Waals surface area contributed by atoms with Gasteiger partial charge in [0, 0.05) is 6.07 Å². The van der Waals surface area contributed by atoms with Gasteiger partial charge < -0.3 is 14.9 Å². The Balaban J connectivity index is 2.09. The van der Waals surface area contributed by atoms with E-state index in [1.807, 2.05) is 0 Å². The van der Waals surface area contributed by atoms with Crippen LogP contribution in [0.5, 0.6) is 5.75 Å². The maximum absolute atomic E-state index is 13.2. The summed E-state index contributed by atoms with van der Waals surface area (Å²) >= 11 is 0. The number of aliphatic hydroxyl groups excluding tert-OH is 2. The van der Waals surface area contributed by atoms with Gasteiger partial charge in [-0.1, -0.05) is 6.42 Å². The average molecular weight is 240 g/mol. The molecule has 2 unspecified atom stereocenters. The van der Waals surface area contributed by atoms with Crippen LogP contribution in [0.4, 0.5) is 4.39 Å². The molecule has 0 bridgehead atoms. The Morgan fingerprint density at radius 3 is 2.71 bits per heavy atom. The molecular formula is C13H17FO3. The normalized spacial score (nSPS) is 24.6. The third-order valence-corrected chi connectivity index (χ3v) is 3.07. The van der Waals surface area contributed by atoms with Gasteiger partial charge in [-0.15, -0.1) is 0 Å². The molecule has 0 amide bonds. The molecule has 0 radical (unpaired) electrons. The lowest BCUT2D eigenvalue weighted by Crippen LogP contribution is -2.34. The number of hydrogen-bond acceptors (Lipinski definition) is 3. The predicted octanol–water partition coefficient (Wildman–Crippen LogP) is 2.00. The zero-order valence-electron chi connectivity index (χ0n) is 9.60. The second kappa shape index (κ2) is 5.47. The molecule has 1 fully saturated rings. The zero-order valence-corrected chi connectivity index (χ0v) is 9.60. The van der Waals surface area contributed by atoms with Gasteiger partial charge in [-0.3, -0.25) is 0 Å². The van der Waals surface area contributed by atoms with Gasteiger partial charge in [0.15, 0.2) is 0 Å². The Labute approximate surface area is 99.8 Å². The summed E-state index contributed by atoms with van der Waals surface area (Å²) in [6.45, 7) is -0.221. The van der Waals surface area contributed by atoms with Crippen molar-refractivity contribution in [1.82, 2.24) is 0 Å². The zero-order chi connectivity index (χ0) is 12.3. The van der Waals surface area contributed by atoms with Crippen LogP contribution in [0.3, 0.4) is 0 Å². The Kier molecular flexibility index (Phi) is 3.97. The van der Waals surface area contributed by atoms with E-state index in [1.54, 1.807) is 6.07 Å². The fourth-order valence-electron chi connectivity index (χ4n) is 2.17. The summed E-state index contributed by atoms with van der Waals surface area (Å²) in [4.78, 5) is 0. The first-order valence-corrected chi connectivity index (χ1v) is 5.94. The summed E-state index contributed by atoms with van der Waals surface area (Å²) in [6.07, 6.45) is 2.79. The van der Waals surface area contributed by atoms with Gasteiger partial charge in [-0.05, 0) is 37.0 Å². The third kappa shape index (κ3) is 3.17. The molecule has 3 nitrogen and oxygen atoms in total. The highest BCUT2D eigenvalue weighted by Gasteiger charge is 2.24. The Bertz CT molecular complexity index is 381. The average Bonchev–Trinajstić information content (AvgIpc) is 2.31. The van der Waals surface area contributed by atoms with Crippen LogP contribution in [-0.4, -0.2) is 22.4 Å². The SMILES string of the molecule is OCc1cc(F)cc(OC2CCCCC2O)c1. The van der Waals surface area contributed by atoms with Crippen molar-refractivity contribution in [2.24, 2.45) is 0 Å². The molecule has 4 heteroatoms. The van der Waals surface area contributed by atoms with Crippen LogP contribution < -0.4 is 4.74 Å². The van der Waals surface area contributed by atoms with Gasteiger partial charge in [-0.2, -0.15) is 0 Å². The van der Waals surface area contributed by atoms with Crippen molar-refractivity contribution < 1.29 is 19.3 Å². The molecule has 1 aromatic rings. The summed E-state index contributed by atoms with van der Waals surface area (Å²) in [5.74, 6) is -0.0585. The highest BCUT2D eigenvalue weighted by atomic mass is 19.1. The van der Waals surface area contributed by atoms with Crippen molar-refractivity contribution in [2.45, 2.75) is 44.5 Å². The molecule has 1 aliphatic carbocycles. The molecule has 1 saturated carbocycles. The number of ether oxygens (including phenoxy) is 1. The highest BCUT2D eigenvalue weighted by molar-refractivity contribution is 5.29. The van der Waals surface area contributed by atoms with E-state index in [0.29, 0.717) is 11.3 Å². The summed E-state index contributed by atoms with van der Waals surface area (Å²) in [7, 11) is 0. The monoisotopic (exact) mass is 240 g/mol. The molecule has 2 atom stereocenters. The molecule has 0 saturated heterocycles. The van der Waals surface area contributed by atoms with Crippen LogP contribution in [0.1, 0.15) is 31.2 Å². The topological polar surface area (TPSA) is 49.7 Å². The third-order valence-electron chi connectivity index (χ3n) is 3.07.